The molecule has 0 heterocycles. The van der Waals surface area contributed by atoms with E-state index in [9.17, 15) is 9.59 Å². The van der Waals surface area contributed by atoms with Gasteiger partial charge in [0, 0.05) is 23.3 Å². The smallest absolute Gasteiger partial charge is 0.319 e. The molecule has 27 heavy (non-hydrogen) atoms. The first-order valence-corrected chi connectivity index (χ1v) is 9.55. The van der Waals surface area contributed by atoms with Crippen LogP contribution < -0.4 is 5.32 Å². The van der Waals surface area contributed by atoms with E-state index in [4.69, 9.17) is 4.84 Å². The van der Waals surface area contributed by atoms with Crippen LogP contribution in [-0.4, -0.2) is 29.4 Å². The molecule has 3 rings (SSSR count). The van der Waals surface area contributed by atoms with Gasteiger partial charge < -0.3 is 4.84 Å². The molecule has 5 nitrogen and oxygen atoms in total. The van der Waals surface area contributed by atoms with Gasteiger partial charge in [-0.1, -0.05) is 54.6 Å². The molecule has 138 valence electrons. The third kappa shape index (κ3) is 5.24. The van der Waals surface area contributed by atoms with E-state index in [0.29, 0.717) is 18.0 Å². The Balaban J connectivity index is 1.57. The molecule has 0 atom stereocenters. The fraction of sp³-hybridized carbons (Fsp3) is 0.143. The first-order valence-electron chi connectivity index (χ1n) is 8.56. The van der Waals surface area contributed by atoms with Crippen molar-refractivity contribution in [2.45, 2.75) is 11.8 Å². The van der Waals surface area contributed by atoms with E-state index in [0.717, 1.165) is 9.96 Å². The van der Waals surface area contributed by atoms with E-state index >= 15 is 0 Å². The summed E-state index contributed by atoms with van der Waals surface area (Å²) in [6, 6.07) is 23.2. The summed E-state index contributed by atoms with van der Waals surface area (Å²) in [5.41, 5.74) is 0.608. The fourth-order valence-electron chi connectivity index (χ4n) is 2.59. The van der Waals surface area contributed by atoms with Crippen LogP contribution in [0.25, 0.3) is 10.8 Å². The highest BCUT2D eigenvalue weighted by atomic mass is 32.2. The van der Waals surface area contributed by atoms with Crippen LogP contribution in [0.1, 0.15) is 6.92 Å². The molecule has 1 N–H and O–H groups in total. The van der Waals surface area contributed by atoms with Gasteiger partial charge >= 0.3 is 6.09 Å². The molecule has 0 bridgehead atoms. The van der Waals surface area contributed by atoms with Gasteiger partial charge in [0.15, 0.2) is 0 Å². The summed E-state index contributed by atoms with van der Waals surface area (Å²) in [5.74, 6) is 0.281. The first-order chi connectivity index (χ1) is 13.1. The molecule has 0 aromatic heterocycles. The van der Waals surface area contributed by atoms with Crippen molar-refractivity contribution in [2.75, 3.05) is 17.6 Å². The molecular weight excluding hydrogens is 360 g/mol. The standard InChI is InChI=1S/C21H20N2O3S/c1-16(24)23(26-21(25)22-18-10-3-2-4-11-18)14-15-27-20-13-7-9-17-8-5-6-12-19(17)20/h2-13H,14-15H2,1H3,(H,22,25). The maximum atomic E-state index is 12.0. The van der Waals surface area contributed by atoms with Crippen molar-refractivity contribution < 1.29 is 14.4 Å². The average molecular weight is 380 g/mol. The van der Waals surface area contributed by atoms with Gasteiger partial charge in [0.25, 0.3) is 5.91 Å². The number of para-hydroxylation sites is 1. The van der Waals surface area contributed by atoms with Crippen molar-refractivity contribution in [3.05, 3.63) is 72.8 Å². The summed E-state index contributed by atoms with van der Waals surface area (Å²) in [5, 5.41) is 6.02. The molecule has 3 aromatic rings. The Morgan fingerprint density at radius 1 is 0.963 bits per heavy atom. The lowest BCUT2D eigenvalue weighted by atomic mass is 10.1. The fourth-order valence-corrected chi connectivity index (χ4v) is 3.58. The second kappa shape index (κ2) is 9.09. The van der Waals surface area contributed by atoms with E-state index in [2.05, 4.69) is 23.5 Å². The quantitative estimate of drug-likeness (QED) is 0.503. The predicted octanol–water partition coefficient (Wildman–Crippen LogP) is 4.94. The van der Waals surface area contributed by atoms with E-state index in [1.54, 1.807) is 36.0 Å². The SMILES string of the molecule is CC(=O)N(CCSc1cccc2ccccc12)OC(=O)Nc1ccccc1. The normalized spacial score (nSPS) is 10.4. The number of hydrogen-bond donors (Lipinski definition) is 1. The molecule has 0 saturated heterocycles. The largest absolute Gasteiger partial charge is 0.436 e. The summed E-state index contributed by atoms with van der Waals surface area (Å²) < 4.78 is 0. The minimum absolute atomic E-state index is 0.297. The summed E-state index contributed by atoms with van der Waals surface area (Å²) in [7, 11) is 0. The number of hydrogen-bond acceptors (Lipinski definition) is 4. The van der Waals surface area contributed by atoms with Crippen molar-refractivity contribution in [3.63, 3.8) is 0 Å². The van der Waals surface area contributed by atoms with Crippen LogP contribution in [0.4, 0.5) is 10.5 Å². The minimum atomic E-state index is -0.688. The van der Waals surface area contributed by atoms with Crippen molar-refractivity contribution >= 4 is 40.2 Å². The van der Waals surface area contributed by atoms with Crippen molar-refractivity contribution in [2.24, 2.45) is 0 Å². The molecule has 2 amide bonds. The van der Waals surface area contributed by atoms with Gasteiger partial charge in [-0.3, -0.25) is 10.1 Å². The lowest BCUT2D eigenvalue weighted by Crippen LogP contribution is -2.35. The van der Waals surface area contributed by atoms with E-state index in [-0.39, 0.29) is 5.91 Å². The topological polar surface area (TPSA) is 58.6 Å². The van der Waals surface area contributed by atoms with E-state index < -0.39 is 6.09 Å². The monoisotopic (exact) mass is 380 g/mol. The summed E-state index contributed by atoms with van der Waals surface area (Å²) in [6.07, 6.45) is -0.688. The zero-order chi connectivity index (χ0) is 19.1. The number of amides is 2. The number of thioether (sulfide) groups is 1. The van der Waals surface area contributed by atoms with Gasteiger partial charge in [-0.05, 0) is 29.0 Å². The highest BCUT2D eigenvalue weighted by Gasteiger charge is 2.15. The van der Waals surface area contributed by atoms with Crippen molar-refractivity contribution in [3.8, 4) is 0 Å². The van der Waals surface area contributed by atoms with Gasteiger partial charge in [-0.2, -0.15) is 5.06 Å². The molecule has 0 aliphatic heterocycles. The second-order valence-corrected chi connectivity index (χ2v) is 6.95. The van der Waals surface area contributed by atoms with Crippen molar-refractivity contribution in [1.82, 2.24) is 5.06 Å². The number of carbonyl (C=O) groups excluding carboxylic acids is 2. The van der Waals surface area contributed by atoms with Crippen molar-refractivity contribution in [1.29, 1.82) is 0 Å². The second-order valence-electron chi connectivity index (χ2n) is 5.82. The highest BCUT2D eigenvalue weighted by Crippen LogP contribution is 2.27. The molecule has 0 fully saturated rings. The lowest BCUT2D eigenvalue weighted by molar-refractivity contribution is -0.160. The van der Waals surface area contributed by atoms with Gasteiger partial charge in [-0.15, -0.1) is 11.8 Å². The Labute approximate surface area is 162 Å². The number of anilines is 1. The molecular formula is C21H20N2O3S. The molecule has 0 unspecified atom stereocenters. The Hall–Kier alpha value is -2.99. The van der Waals surface area contributed by atoms with Gasteiger partial charge in [0.2, 0.25) is 0 Å². The Morgan fingerprint density at radius 2 is 1.67 bits per heavy atom. The number of nitrogens with zero attached hydrogens (tertiary/aromatic N) is 1. The maximum absolute atomic E-state index is 12.0. The van der Waals surface area contributed by atoms with E-state index in [1.165, 1.54) is 17.7 Å². The number of rotatable bonds is 5. The molecule has 0 spiro atoms. The van der Waals surface area contributed by atoms with Crippen LogP contribution in [0.3, 0.4) is 0 Å². The molecule has 0 aliphatic carbocycles. The molecule has 0 aliphatic rings. The third-order valence-electron chi connectivity index (χ3n) is 3.87. The molecule has 0 saturated carbocycles. The van der Waals surface area contributed by atoms with Crippen LogP contribution in [0.15, 0.2) is 77.7 Å². The zero-order valence-corrected chi connectivity index (χ0v) is 15.7. The molecule has 0 radical (unpaired) electrons. The van der Waals surface area contributed by atoms with E-state index in [1.807, 2.05) is 30.3 Å². The number of fused-ring (bicyclic) bond motifs is 1. The summed E-state index contributed by atoms with van der Waals surface area (Å²) in [6.45, 7) is 1.67. The Morgan fingerprint density at radius 3 is 2.44 bits per heavy atom. The predicted molar refractivity (Wildman–Crippen MR) is 109 cm³/mol. The summed E-state index contributed by atoms with van der Waals surface area (Å²) in [4.78, 5) is 30.1. The Bertz CT molecular complexity index is 926. The van der Waals surface area contributed by atoms with Gasteiger partial charge in [0.05, 0.1) is 6.54 Å². The lowest BCUT2D eigenvalue weighted by Gasteiger charge is -2.19. The maximum Gasteiger partial charge on any atom is 0.436 e. The van der Waals surface area contributed by atoms with Crippen LogP contribution in [0.5, 0.6) is 0 Å². The van der Waals surface area contributed by atoms with Crippen LogP contribution in [0, 0.1) is 0 Å². The Kier molecular flexibility index (Phi) is 6.33. The molecule has 3 aromatic carbocycles. The van der Waals surface area contributed by atoms with Crippen LogP contribution in [0.2, 0.25) is 0 Å². The number of hydroxylamine groups is 2. The number of carbonyl (C=O) groups is 2. The number of nitrogens with one attached hydrogen (secondary N) is 1. The van der Waals surface area contributed by atoms with Gasteiger partial charge in [0.1, 0.15) is 0 Å². The number of benzene rings is 3. The highest BCUT2D eigenvalue weighted by molar-refractivity contribution is 7.99. The third-order valence-corrected chi connectivity index (χ3v) is 4.92. The first kappa shape index (κ1) is 18.8. The van der Waals surface area contributed by atoms with Crippen LogP contribution in [-0.2, 0) is 9.63 Å². The molecule has 6 heteroatoms. The zero-order valence-electron chi connectivity index (χ0n) is 14.9. The summed E-state index contributed by atoms with van der Waals surface area (Å²) >= 11 is 1.62. The minimum Gasteiger partial charge on any atom is -0.319 e. The van der Waals surface area contributed by atoms with Crippen LogP contribution >= 0.6 is 11.8 Å². The van der Waals surface area contributed by atoms with Gasteiger partial charge in [-0.25, -0.2) is 4.79 Å². The average Bonchev–Trinajstić information content (AvgIpc) is 2.68.